The molecule has 10 heteroatoms. The van der Waals surface area contributed by atoms with Crippen molar-refractivity contribution in [2.45, 2.75) is 20.1 Å². The Morgan fingerprint density at radius 2 is 2.00 bits per heavy atom. The molecule has 0 bridgehead atoms. The van der Waals surface area contributed by atoms with Crippen LogP contribution in [0.5, 0.6) is 5.75 Å². The Morgan fingerprint density at radius 3 is 2.61 bits per heavy atom. The van der Waals surface area contributed by atoms with Gasteiger partial charge in [-0.2, -0.15) is 8.78 Å². The van der Waals surface area contributed by atoms with Crippen molar-refractivity contribution in [3.05, 3.63) is 28.8 Å². The Balaban J connectivity index is 1.78. The number of benzene rings is 1. The molecular weight excluding hydrogens is 392 g/mol. The molecule has 0 unspecified atom stereocenters. The highest BCUT2D eigenvalue weighted by Crippen LogP contribution is 2.24. The summed E-state index contributed by atoms with van der Waals surface area (Å²) in [5, 5.41) is 6.70. The number of halogens is 3. The molecule has 0 saturated carbocycles. The van der Waals surface area contributed by atoms with Crippen molar-refractivity contribution >= 4 is 23.5 Å². The highest BCUT2D eigenvalue weighted by Gasteiger charge is 2.18. The topological polar surface area (TPSA) is 69.2 Å². The molecule has 1 amide bonds. The minimum Gasteiger partial charge on any atom is -0.434 e. The van der Waals surface area contributed by atoms with Crippen molar-refractivity contribution < 1.29 is 18.3 Å². The summed E-state index contributed by atoms with van der Waals surface area (Å²) >= 11 is 5.96. The zero-order valence-electron chi connectivity index (χ0n) is 16.1. The van der Waals surface area contributed by atoms with Crippen LogP contribution in [0, 0.1) is 0 Å². The lowest BCUT2D eigenvalue weighted by atomic mass is 10.2. The smallest absolute Gasteiger partial charge is 0.387 e. The van der Waals surface area contributed by atoms with E-state index in [-0.39, 0.29) is 18.2 Å². The number of aliphatic imine (C=N–C) groups is 1. The van der Waals surface area contributed by atoms with Gasteiger partial charge in [0.1, 0.15) is 5.75 Å². The molecule has 1 heterocycles. The fraction of sp³-hybridized carbons (Fsp3) is 0.556. The van der Waals surface area contributed by atoms with Crippen LogP contribution in [0.25, 0.3) is 0 Å². The molecule has 0 radical (unpaired) electrons. The fourth-order valence-electron chi connectivity index (χ4n) is 2.92. The van der Waals surface area contributed by atoms with E-state index < -0.39 is 6.61 Å². The van der Waals surface area contributed by atoms with Crippen LogP contribution in [0.2, 0.25) is 5.02 Å². The number of alkyl halides is 2. The quantitative estimate of drug-likeness (QED) is 0.522. The van der Waals surface area contributed by atoms with Gasteiger partial charge >= 0.3 is 6.61 Å². The molecule has 1 aromatic rings. The second-order valence-corrected chi connectivity index (χ2v) is 6.77. The number of rotatable bonds is 7. The van der Waals surface area contributed by atoms with Gasteiger partial charge < -0.3 is 20.3 Å². The second-order valence-electron chi connectivity index (χ2n) is 6.33. The van der Waals surface area contributed by atoms with E-state index in [4.69, 9.17) is 11.6 Å². The maximum absolute atomic E-state index is 12.5. The maximum atomic E-state index is 12.5. The van der Waals surface area contributed by atoms with Crippen molar-refractivity contribution in [2.24, 2.45) is 4.99 Å². The van der Waals surface area contributed by atoms with Crippen LogP contribution in [-0.2, 0) is 11.3 Å². The average Bonchev–Trinajstić information content (AvgIpc) is 2.66. The van der Waals surface area contributed by atoms with Crippen molar-refractivity contribution in [3.8, 4) is 5.75 Å². The van der Waals surface area contributed by atoms with E-state index in [2.05, 4.69) is 25.3 Å². The van der Waals surface area contributed by atoms with Gasteiger partial charge in [0.15, 0.2) is 5.96 Å². The maximum Gasteiger partial charge on any atom is 0.387 e. The Hall–Kier alpha value is -2.13. The third kappa shape index (κ3) is 7.12. The molecule has 0 aliphatic carbocycles. The number of nitrogens with zero attached hydrogens (tertiary/aromatic N) is 3. The fourth-order valence-corrected chi connectivity index (χ4v) is 3.11. The van der Waals surface area contributed by atoms with Gasteiger partial charge in [0.2, 0.25) is 5.91 Å². The summed E-state index contributed by atoms with van der Waals surface area (Å²) in [6, 6.07) is 4.50. The summed E-state index contributed by atoms with van der Waals surface area (Å²) in [5.74, 6) is 0.731. The number of ether oxygens (including phenoxy) is 1. The van der Waals surface area contributed by atoms with Gasteiger partial charge in [-0.25, -0.2) is 0 Å². The standard InChI is InChI=1S/C18H26ClF2N5O2/c1-13(27)26-9-7-25(8-10-26)6-5-23-18(22-2)24-12-14-11-15(19)3-4-16(14)28-17(20)21/h3-4,11,17H,5-10,12H2,1-2H3,(H2,22,23,24). The van der Waals surface area contributed by atoms with Crippen LogP contribution in [0.4, 0.5) is 8.78 Å². The minimum atomic E-state index is -2.90. The number of carbonyl (C=O) groups is 1. The predicted octanol–water partition coefficient (Wildman–Crippen LogP) is 1.77. The van der Waals surface area contributed by atoms with Crippen LogP contribution < -0.4 is 15.4 Å². The number of hydrogen-bond acceptors (Lipinski definition) is 4. The third-order valence-electron chi connectivity index (χ3n) is 4.45. The molecule has 1 aromatic carbocycles. The monoisotopic (exact) mass is 417 g/mol. The van der Waals surface area contributed by atoms with Gasteiger partial charge in [-0.15, -0.1) is 0 Å². The molecule has 1 aliphatic rings. The molecule has 0 aromatic heterocycles. The SMILES string of the molecule is CN=C(NCCN1CCN(C(C)=O)CC1)NCc1cc(Cl)ccc1OC(F)F. The van der Waals surface area contributed by atoms with E-state index >= 15 is 0 Å². The van der Waals surface area contributed by atoms with Gasteiger partial charge in [-0.05, 0) is 18.2 Å². The van der Waals surface area contributed by atoms with Crippen LogP contribution >= 0.6 is 11.6 Å². The molecule has 7 nitrogen and oxygen atoms in total. The van der Waals surface area contributed by atoms with Crippen molar-refractivity contribution in [1.29, 1.82) is 0 Å². The highest BCUT2D eigenvalue weighted by molar-refractivity contribution is 6.30. The number of carbonyl (C=O) groups excluding carboxylic acids is 1. The number of piperazine rings is 1. The largest absolute Gasteiger partial charge is 0.434 e. The molecule has 0 spiro atoms. The zero-order valence-corrected chi connectivity index (χ0v) is 16.8. The van der Waals surface area contributed by atoms with Crippen LogP contribution in [0.3, 0.4) is 0 Å². The van der Waals surface area contributed by atoms with Gasteiger partial charge in [0.05, 0.1) is 0 Å². The number of guanidine groups is 1. The summed E-state index contributed by atoms with van der Waals surface area (Å²) in [7, 11) is 1.63. The lowest BCUT2D eigenvalue weighted by Gasteiger charge is -2.34. The molecule has 1 saturated heterocycles. The summed E-state index contributed by atoms with van der Waals surface area (Å²) in [6.45, 7) is 3.55. The number of hydrogen-bond donors (Lipinski definition) is 2. The van der Waals surface area contributed by atoms with Gasteiger partial charge in [0, 0.05) is 70.4 Å². The van der Waals surface area contributed by atoms with E-state index in [9.17, 15) is 13.6 Å². The Morgan fingerprint density at radius 1 is 1.29 bits per heavy atom. The summed E-state index contributed by atoms with van der Waals surface area (Å²) in [5.41, 5.74) is 0.510. The Labute approximate surface area is 168 Å². The lowest BCUT2D eigenvalue weighted by molar-refractivity contribution is -0.130. The first-order chi connectivity index (χ1) is 13.4. The molecule has 1 fully saturated rings. The average molecular weight is 418 g/mol. The van der Waals surface area contributed by atoms with E-state index in [0.717, 1.165) is 32.7 Å². The first-order valence-electron chi connectivity index (χ1n) is 9.04. The number of amides is 1. The molecule has 1 aliphatic heterocycles. The van der Waals surface area contributed by atoms with Crippen LogP contribution in [0.1, 0.15) is 12.5 Å². The van der Waals surface area contributed by atoms with E-state index in [1.54, 1.807) is 20.0 Å². The Bertz CT molecular complexity index is 682. The normalized spacial score (nSPS) is 15.6. The predicted molar refractivity (Wildman–Crippen MR) is 105 cm³/mol. The lowest BCUT2D eigenvalue weighted by Crippen LogP contribution is -2.50. The minimum absolute atomic E-state index is 0.0747. The van der Waals surface area contributed by atoms with Crippen molar-refractivity contribution in [1.82, 2.24) is 20.4 Å². The Kier molecular flexibility index (Phi) is 8.72. The van der Waals surface area contributed by atoms with Gasteiger partial charge in [-0.3, -0.25) is 14.7 Å². The van der Waals surface area contributed by atoms with Crippen LogP contribution in [-0.4, -0.2) is 74.6 Å². The molecular formula is C18H26ClF2N5O2. The third-order valence-corrected chi connectivity index (χ3v) is 4.68. The molecule has 2 rings (SSSR count). The molecule has 0 atom stereocenters. The molecule has 156 valence electrons. The first kappa shape index (κ1) is 22.2. The number of nitrogens with one attached hydrogen (secondary N) is 2. The molecule has 28 heavy (non-hydrogen) atoms. The van der Waals surface area contributed by atoms with E-state index in [1.165, 1.54) is 12.1 Å². The van der Waals surface area contributed by atoms with Crippen molar-refractivity contribution in [3.63, 3.8) is 0 Å². The van der Waals surface area contributed by atoms with E-state index in [1.807, 2.05) is 4.90 Å². The zero-order chi connectivity index (χ0) is 20.5. The second kappa shape index (κ2) is 11.0. The van der Waals surface area contributed by atoms with Gasteiger partial charge in [-0.1, -0.05) is 11.6 Å². The van der Waals surface area contributed by atoms with Gasteiger partial charge in [0.25, 0.3) is 0 Å². The summed E-state index contributed by atoms with van der Waals surface area (Å²) < 4.78 is 29.6. The first-order valence-corrected chi connectivity index (χ1v) is 9.42. The summed E-state index contributed by atoms with van der Waals surface area (Å²) in [6.07, 6.45) is 0. The summed E-state index contributed by atoms with van der Waals surface area (Å²) in [4.78, 5) is 19.6. The molecule has 2 N–H and O–H groups in total. The highest BCUT2D eigenvalue weighted by atomic mass is 35.5. The van der Waals surface area contributed by atoms with E-state index in [0.29, 0.717) is 23.1 Å². The van der Waals surface area contributed by atoms with Crippen LogP contribution in [0.15, 0.2) is 23.2 Å². The van der Waals surface area contributed by atoms with Crippen molar-refractivity contribution in [2.75, 3.05) is 46.3 Å².